The van der Waals surface area contributed by atoms with E-state index in [1.165, 1.54) is 18.2 Å². The zero-order valence-corrected chi connectivity index (χ0v) is 19.3. The topological polar surface area (TPSA) is 103 Å². The van der Waals surface area contributed by atoms with Gasteiger partial charge in [-0.1, -0.05) is 12.1 Å². The first-order chi connectivity index (χ1) is 17.0. The molecule has 12 heteroatoms. The Hall–Kier alpha value is -4.35. The number of aryl methyl sites for hydroxylation is 1. The summed E-state index contributed by atoms with van der Waals surface area (Å²) in [5.41, 5.74) is 2.60. The van der Waals surface area contributed by atoms with Gasteiger partial charge in [-0.15, -0.1) is 0 Å². The minimum atomic E-state index is -5.08. The summed E-state index contributed by atoms with van der Waals surface area (Å²) in [5, 5.41) is 9.84. The third-order valence-corrected chi connectivity index (χ3v) is 4.33. The molecule has 3 rings (SSSR count). The Kier molecular flexibility index (Phi) is 10.0. The molecule has 0 aliphatic heterocycles. The van der Waals surface area contributed by atoms with Gasteiger partial charge >= 0.3 is 12.1 Å². The van der Waals surface area contributed by atoms with Gasteiger partial charge in [0.15, 0.2) is 0 Å². The normalized spacial score (nSPS) is 10.9. The molecule has 0 radical (unpaired) electrons. The Morgan fingerprint density at radius 3 is 2.50 bits per heavy atom. The van der Waals surface area contributed by atoms with Crippen molar-refractivity contribution in [3.05, 3.63) is 78.1 Å². The molecule has 36 heavy (non-hydrogen) atoms. The fraction of sp³-hybridized carbons (Fsp3) is 0.208. The number of carbonyl (C=O) groups is 2. The van der Waals surface area contributed by atoms with Crippen LogP contribution in [0.5, 0.6) is 11.5 Å². The van der Waals surface area contributed by atoms with E-state index in [4.69, 9.17) is 19.4 Å². The van der Waals surface area contributed by atoms with Crippen molar-refractivity contribution >= 4 is 18.0 Å². The summed E-state index contributed by atoms with van der Waals surface area (Å²) in [7, 11) is 1.60. The van der Waals surface area contributed by atoms with Crippen LogP contribution in [-0.2, 0) is 9.59 Å². The lowest BCUT2D eigenvalue weighted by atomic mass is 10.1. The average molecular weight is 509 g/mol. The second-order valence-electron chi connectivity index (χ2n) is 7.09. The molecule has 0 fully saturated rings. The number of hydrogen-bond donors (Lipinski definition) is 2. The first-order valence-corrected chi connectivity index (χ1v) is 10.3. The van der Waals surface area contributed by atoms with Crippen LogP contribution in [-0.4, -0.2) is 53.0 Å². The van der Waals surface area contributed by atoms with E-state index in [9.17, 15) is 22.4 Å². The van der Waals surface area contributed by atoms with E-state index in [-0.39, 0.29) is 18.3 Å². The third-order valence-electron chi connectivity index (χ3n) is 4.33. The first kappa shape index (κ1) is 27.9. The molecule has 0 saturated heterocycles. The van der Waals surface area contributed by atoms with Gasteiger partial charge in [0.2, 0.25) is 5.91 Å². The van der Waals surface area contributed by atoms with Gasteiger partial charge in [-0.3, -0.25) is 4.79 Å². The third kappa shape index (κ3) is 9.12. The summed E-state index contributed by atoms with van der Waals surface area (Å²) in [6.07, 6.45) is 1.70. The maximum absolute atomic E-state index is 13.1. The summed E-state index contributed by atoms with van der Waals surface area (Å²) < 4.78 is 57.5. The molecule has 8 nitrogen and oxygen atoms in total. The quantitative estimate of drug-likeness (QED) is 0.269. The highest BCUT2D eigenvalue weighted by Gasteiger charge is 2.38. The average Bonchev–Trinajstić information content (AvgIpc) is 3.26. The Morgan fingerprint density at radius 2 is 1.92 bits per heavy atom. The molecule has 1 heterocycles. The summed E-state index contributed by atoms with van der Waals surface area (Å²) in [6, 6.07) is 11.5. The number of alkyl halides is 3. The number of carboxylic acid groups (broad SMARTS) is 1. The number of methoxy groups -OCH3 is 1. The maximum Gasteiger partial charge on any atom is 0.490 e. The van der Waals surface area contributed by atoms with Gasteiger partial charge < -0.3 is 24.5 Å². The fourth-order valence-electron chi connectivity index (χ4n) is 2.69. The molecule has 0 aliphatic rings. The number of amides is 1. The van der Waals surface area contributed by atoms with Crippen molar-refractivity contribution in [3.8, 4) is 17.2 Å². The van der Waals surface area contributed by atoms with Crippen LogP contribution in [0.4, 0.5) is 17.6 Å². The first-order valence-electron chi connectivity index (χ1n) is 10.3. The second-order valence-corrected chi connectivity index (χ2v) is 7.09. The van der Waals surface area contributed by atoms with Crippen LogP contribution in [0.3, 0.4) is 0 Å². The molecule has 0 bridgehead atoms. The van der Waals surface area contributed by atoms with Crippen LogP contribution in [0, 0.1) is 12.7 Å². The number of carbonyl (C=O) groups excluding carboxylic acids is 1. The van der Waals surface area contributed by atoms with Crippen molar-refractivity contribution in [1.82, 2.24) is 14.9 Å². The van der Waals surface area contributed by atoms with E-state index >= 15 is 0 Å². The lowest BCUT2D eigenvalue weighted by molar-refractivity contribution is -0.192. The molecular weight excluding hydrogens is 486 g/mol. The summed E-state index contributed by atoms with van der Waals surface area (Å²) in [4.78, 5) is 25.1. The van der Waals surface area contributed by atoms with E-state index in [1.54, 1.807) is 31.6 Å². The van der Waals surface area contributed by atoms with Crippen molar-refractivity contribution in [3.63, 3.8) is 0 Å². The van der Waals surface area contributed by atoms with Crippen LogP contribution in [0.2, 0.25) is 0 Å². The lowest BCUT2D eigenvalue weighted by Gasteiger charge is -2.10. The molecule has 192 valence electrons. The predicted octanol–water partition coefficient (Wildman–Crippen LogP) is 4.17. The number of aromatic nitrogens is 2. The number of carboxylic acids is 1. The zero-order valence-electron chi connectivity index (χ0n) is 19.3. The summed E-state index contributed by atoms with van der Waals surface area (Å²) >= 11 is 0. The lowest BCUT2D eigenvalue weighted by Crippen LogP contribution is -2.26. The molecule has 3 aromatic rings. The summed E-state index contributed by atoms with van der Waals surface area (Å²) in [6.45, 7) is 2.47. The predicted molar refractivity (Wildman–Crippen MR) is 122 cm³/mol. The van der Waals surface area contributed by atoms with Gasteiger partial charge in [0.05, 0.1) is 31.4 Å². The standard InChI is InChI=1S/C22H22FN3O3.C2HF3O2/c1-16-14-26(15-25-16)20-8-6-17(12-21(20)28-2)7-9-22(27)24-10-11-29-19-5-3-4-18(23)13-19;3-2(4,5)1(6)7/h3-9,12-15H,10-11H2,1-2H3,(H,24,27);(H,6,7). The molecule has 1 aromatic heterocycles. The van der Waals surface area contributed by atoms with Crippen LogP contribution in [0.15, 0.2) is 61.1 Å². The van der Waals surface area contributed by atoms with Crippen molar-refractivity contribution in [2.24, 2.45) is 0 Å². The number of hydrogen-bond acceptors (Lipinski definition) is 5. The van der Waals surface area contributed by atoms with Crippen molar-refractivity contribution in [1.29, 1.82) is 0 Å². The van der Waals surface area contributed by atoms with Crippen molar-refractivity contribution in [2.45, 2.75) is 13.1 Å². The van der Waals surface area contributed by atoms with Gasteiger partial charge in [0.25, 0.3) is 0 Å². The Labute approximate surface area is 203 Å². The fourth-order valence-corrected chi connectivity index (χ4v) is 2.69. The smallest absolute Gasteiger partial charge is 0.490 e. The maximum atomic E-state index is 13.1. The Bertz CT molecular complexity index is 1210. The summed E-state index contributed by atoms with van der Waals surface area (Å²) in [5.74, 6) is -2.27. The molecule has 1 amide bonds. The zero-order chi connectivity index (χ0) is 26.7. The van der Waals surface area contributed by atoms with E-state index in [2.05, 4.69) is 10.3 Å². The van der Waals surface area contributed by atoms with E-state index in [0.717, 1.165) is 16.9 Å². The van der Waals surface area contributed by atoms with Crippen molar-refractivity contribution < 1.29 is 41.7 Å². The second kappa shape index (κ2) is 12.9. The number of nitrogens with one attached hydrogen (secondary N) is 1. The molecule has 2 N–H and O–H groups in total. The minimum Gasteiger partial charge on any atom is -0.495 e. The Morgan fingerprint density at radius 1 is 1.19 bits per heavy atom. The monoisotopic (exact) mass is 509 g/mol. The minimum absolute atomic E-state index is 0.246. The number of ether oxygens (including phenoxy) is 2. The molecule has 0 atom stereocenters. The number of nitrogens with zero attached hydrogens (tertiary/aromatic N) is 2. The van der Waals surface area contributed by atoms with Gasteiger partial charge in [-0.05, 0) is 42.8 Å². The van der Waals surface area contributed by atoms with Gasteiger partial charge in [-0.25, -0.2) is 14.2 Å². The molecule has 0 saturated carbocycles. The Balaban J connectivity index is 0.000000572. The van der Waals surface area contributed by atoms with Gasteiger partial charge in [0, 0.05) is 18.3 Å². The van der Waals surface area contributed by atoms with Crippen molar-refractivity contribution in [2.75, 3.05) is 20.3 Å². The number of imidazole rings is 1. The van der Waals surface area contributed by atoms with Crippen LogP contribution >= 0.6 is 0 Å². The SMILES string of the molecule is COc1cc(C=CC(=O)NCCOc2cccc(F)c2)ccc1-n1cnc(C)c1.O=C(O)C(F)(F)F. The van der Waals surface area contributed by atoms with Crippen LogP contribution in [0.1, 0.15) is 11.3 Å². The van der Waals surface area contributed by atoms with E-state index < -0.39 is 12.1 Å². The molecule has 0 aliphatic carbocycles. The van der Waals surface area contributed by atoms with E-state index in [0.29, 0.717) is 18.0 Å². The highest BCUT2D eigenvalue weighted by Crippen LogP contribution is 2.25. The van der Waals surface area contributed by atoms with Crippen LogP contribution < -0.4 is 14.8 Å². The highest BCUT2D eigenvalue weighted by atomic mass is 19.4. The van der Waals surface area contributed by atoms with Crippen LogP contribution in [0.25, 0.3) is 11.8 Å². The molecule has 2 aromatic carbocycles. The molecule has 0 spiro atoms. The number of halogens is 4. The number of benzene rings is 2. The molecule has 0 unspecified atom stereocenters. The largest absolute Gasteiger partial charge is 0.495 e. The van der Waals surface area contributed by atoms with Gasteiger partial charge in [0.1, 0.15) is 23.9 Å². The van der Waals surface area contributed by atoms with Gasteiger partial charge in [-0.2, -0.15) is 13.2 Å². The highest BCUT2D eigenvalue weighted by molar-refractivity contribution is 5.91. The number of aliphatic carboxylic acids is 1. The number of rotatable bonds is 8. The van der Waals surface area contributed by atoms with E-state index in [1.807, 2.05) is 35.9 Å². The molecular formula is C24H23F4N3O5.